The molecule has 0 amide bonds. The Balaban J connectivity index is 2.42. The summed E-state index contributed by atoms with van der Waals surface area (Å²) >= 11 is 0. The molecule has 2 N–H and O–H groups in total. The standard InChI is InChI=1S/C13H15N3O/c1-9(2)14-11-8-12(17)16-13(15-11)10-6-4-3-5-7-10/h3-9H,1-2H3,(H2,14,15,16,17). The van der Waals surface area contributed by atoms with Crippen molar-refractivity contribution in [1.82, 2.24) is 9.97 Å². The Morgan fingerprint density at radius 1 is 1.24 bits per heavy atom. The van der Waals surface area contributed by atoms with E-state index in [1.807, 2.05) is 44.2 Å². The SMILES string of the molecule is CC(C)Nc1cc(=O)[nH]c(-c2ccccc2)n1. The van der Waals surface area contributed by atoms with Crippen LogP contribution in [0.25, 0.3) is 11.4 Å². The van der Waals surface area contributed by atoms with E-state index in [2.05, 4.69) is 15.3 Å². The number of nitrogens with zero attached hydrogens (tertiary/aromatic N) is 1. The van der Waals surface area contributed by atoms with Gasteiger partial charge in [-0.05, 0) is 13.8 Å². The maximum Gasteiger partial charge on any atom is 0.253 e. The first-order chi connectivity index (χ1) is 8.15. The predicted molar refractivity (Wildman–Crippen MR) is 69.1 cm³/mol. The van der Waals surface area contributed by atoms with Gasteiger partial charge >= 0.3 is 0 Å². The molecule has 4 nitrogen and oxygen atoms in total. The Hall–Kier alpha value is -2.10. The molecule has 0 aliphatic rings. The Bertz CT molecular complexity index is 546. The zero-order chi connectivity index (χ0) is 12.3. The van der Waals surface area contributed by atoms with Crippen LogP contribution < -0.4 is 10.9 Å². The van der Waals surface area contributed by atoms with Crippen LogP contribution in [0.5, 0.6) is 0 Å². The summed E-state index contributed by atoms with van der Waals surface area (Å²) in [5.74, 6) is 1.18. The number of rotatable bonds is 3. The van der Waals surface area contributed by atoms with E-state index in [0.717, 1.165) is 5.56 Å². The molecule has 1 heterocycles. The van der Waals surface area contributed by atoms with Gasteiger partial charge in [-0.3, -0.25) is 4.79 Å². The maximum absolute atomic E-state index is 11.5. The van der Waals surface area contributed by atoms with Gasteiger partial charge in [0.2, 0.25) is 0 Å². The molecule has 0 saturated heterocycles. The first-order valence-corrected chi connectivity index (χ1v) is 5.58. The molecule has 0 aliphatic carbocycles. The lowest BCUT2D eigenvalue weighted by Gasteiger charge is -2.09. The van der Waals surface area contributed by atoms with E-state index in [4.69, 9.17) is 0 Å². The highest BCUT2D eigenvalue weighted by Crippen LogP contribution is 2.14. The van der Waals surface area contributed by atoms with Gasteiger partial charge in [-0.1, -0.05) is 30.3 Å². The second-order valence-corrected chi connectivity index (χ2v) is 4.14. The predicted octanol–water partition coefficient (Wildman–Crippen LogP) is 2.26. The van der Waals surface area contributed by atoms with Gasteiger partial charge in [0.25, 0.3) is 5.56 Å². The molecule has 2 aromatic rings. The molecule has 1 aromatic heterocycles. The summed E-state index contributed by atoms with van der Waals surface area (Å²) in [6, 6.07) is 11.3. The highest BCUT2D eigenvalue weighted by molar-refractivity contribution is 5.56. The number of aromatic amines is 1. The molecule has 0 bridgehead atoms. The molecule has 0 radical (unpaired) electrons. The molecule has 0 saturated carbocycles. The molecule has 0 aliphatic heterocycles. The largest absolute Gasteiger partial charge is 0.368 e. The van der Waals surface area contributed by atoms with Crippen LogP contribution in [-0.2, 0) is 0 Å². The monoisotopic (exact) mass is 229 g/mol. The summed E-state index contributed by atoms with van der Waals surface area (Å²) in [6.07, 6.45) is 0. The maximum atomic E-state index is 11.5. The van der Waals surface area contributed by atoms with Crippen molar-refractivity contribution >= 4 is 5.82 Å². The Kier molecular flexibility index (Phi) is 3.23. The molecule has 0 spiro atoms. The fourth-order valence-electron chi connectivity index (χ4n) is 1.56. The first kappa shape index (κ1) is 11.4. The second-order valence-electron chi connectivity index (χ2n) is 4.14. The van der Waals surface area contributed by atoms with Crippen molar-refractivity contribution in [3.8, 4) is 11.4 Å². The normalized spacial score (nSPS) is 10.5. The van der Waals surface area contributed by atoms with E-state index < -0.39 is 0 Å². The molecular weight excluding hydrogens is 214 g/mol. The van der Waals surface area contributed by atoms with Gasteiger partial charge in [0.1, 0.15) is 11.6 Å². The second kappa shape index (κ2) is 4.82. The lowest BCUT2D eigenvalue weighted by Crippen LogP contribution is -2.16. The first-order valence-electron chi connectivity index (χ1n) is 5.58. The Morgan fingerprint density at radius 2 is 1.94 bits per heavy atom. The summed E-state index contributed by atoms with van der Waals surface area (Å²) < 4.78 is 0. The average molecular weight is 229 g/mol. The van der Waals surface area contributed by atoms with Crippen molar-refractivity contribution in [2.75, 3.05) is 5.32 Å². The van der Waals surface area contributed by atoms with Gasteiger partial charge in [-0.25, -0.2) is 4.98 Å². The van der Waals surface area contributed by atoms with E-state index in [1.165, 1.54) is 6.07 Å². The van der Waals surface area contributed by atoms with Gasteiger partial charge < -0.3 is 10.3 Å². The van der Waals surface area contributed by atoms with Crippen molar-refractivity contribution in [1.29, 1.82) is 0 Å². The zero-order valence-corrected chi connectivity index (χ0v) is 9.90. The number of hydrogen-bond donors (Lipinski definition) is 2. The quantitative estimate of drug-likeness (QED) is 0.848. The minimum Gasteiger partial charge on any atom is -0.368 e. The van der Waals surface area contributed by atoms with Crippen LogP contribution in [0.3, 0.4) is 0 Å². The fourth-order valence-corrected chi connectivity index (χ4v) is 1.56. The van der Waals surface area contributed by atoms with Crippen molar-refractivity contribution in [2.24, 2.45) is 0 Å². The fraction of sp³-hybridized carbons (Fsp3) is 0.231. The third-order valence-corrected chi connectivity index (χ3v) is 2.23. The summed E-state index contributed by atoms with van der Waals surface area (Å²) in [7, 11) is 0. The highest BCUT2D eigenvalue weighted by Gasteiger charge is 2.04. The summed E-state index contributed by atoms with van der Waals surface area (Å²) in [5.41, 5.74) is 0.749. The number of H-pyrrole nitrogens is 1. The van der Waals surface area contributed by atoms with Gasteiger partial charge in [-0.2, -0.15) is 0 Å². The van der Waals surface area contributed by atoms with Crippen molar-refractivity contribution in [3.63, 3.8) is 0 Å². The van der Waals surface area contributed by atoms with E-state index in [0.29, 0.717) is 11.6 Å². The van der Waals surface area contributed by atoms with E-state index in [9.17, 15) is 4.79 Å². The van der Waals surface area contributed by atoms with E-state index in [-0.39, 0.29) is 11.6 Å². The minimum atomic E-state index is -0.151. The van der Waals surface area contributed by atoms with Gasteiger partial charge in [0.05, 0.1) is 0 Å². The number of aromatic nitrogens is 2. The molecule has 0 unspecified atom stereocenters. The summed E-state index contributed by atoms with van der Waals surface area (Å²) in [6.45, 7) is 4.01. The van der Waals surface area contributed by atoms with Crippen molar-refractivity contribution in [2.45, 2.75) is 19.9 Å². The van der Waals surface area contributed by atoms with E-state index >= 15 is 0 Å². The van der Waals surface area contributed by atoms with Crippen LogP contribution in [0.4, 0.5) is 5.82 Å². The van der Waals surface area contributed by atoms with Crippen LogP contribution in [0, 0.1) is 0 Å². The molecule has 17 heavy (non-hydrogen) atoms. The number of anilines is 1. The molecule has 0 atom stereocenters. The van der Waals surface area contributed by atoms with E-state index in [1.54, 1.807) is 0 Å². The van der Waals surface area contributed by atoms with Crippen LogP contribution in [0.2, 0.25) is 0 Å². The van der Waals surface area contributed by atoms with Crippen LogP contribution in [0.1, 0.15) is 13.8 Å². The minimum absolute atomic E-state index is 0.151. The number of hydrogen-bond acceptors (Lipinski definition) is 3. The lowest BCUT2D eigenvalue weighted by atomic mass is 10.2. The third kappa shape index (κ3) is 2.93. The summed E-state index contributed by atoms with van der Waals surface area (Å²) in [4.78, 5) is 18.6. The van der Waals surface area contributed by atoms with Crippen LogP contribution in [0.15, 0.2) is 41.2 Å². The summed E-state index contributed by atoms with van der Waals surface area (Å²) in [5, 5.41) is 3.12. The van der Waals surface area contributed by atoms with Gasteiger partial charge in [0, 0.05) is 17.7 Å². The van der Waals surface area contributed by atoms with Crippen LogP contribution >= 0.6 is 0 Å². The topological polar surface area (TPSA) is 57.8 Å². The van der Waals surface area contributed by atoms with Gasteiger partial charge in [0.15, 0.2) is 0 Å². The molecule has 2 rings (SSSR count). The third-order valence-electron chi connectivity index (χ3n) is 2.23. The smallest absolute Gasteiger partial charge is 0.253 e. The van der Waals surface area contributed by atoms with Crippen molar-refractivity contribution < 1.29 is 0 Å². The zero-order valence-electron chi connectivity index (χ0n) is 9.90. The molecule has 0 fully saturated rings. The number of nitrogens with one attached hydrogen (secondary N) is 2. The number of benzene rings is 1. The molecule has 88 valence electrons. The van der Waals surface area contributed by atoms with Crippen LogP contribution in [-0.4, -0.2) is 16.0 Å². The molecule has 4 heteroatoms. The molecule has 1 aromatic carbocycles. The Labute approximate surface area is 99.7 Å². The van der Waals surface area contributed by atoms with Gasteiger partial charge in [-0.15, -0.1) is 0 Å². The highest BCUT2D eigenvalue weighted by atomic mass is 16.1. The average Bonchev–Trinajstić information content (AvgIpc) is 2.28. The lowest BCUT2D eigenvalue weighted by molar-refractivity contribution is 0.885. The molecular formula is C13H15N3O. The Morgan fingerprint density at radius 3 is 2.59 bits per heavy atom. The van der Waals surface area contributed by atoms with Crippen molar-refractivity contribution in [3.05, 3.63) is 46.8 Å².